The van der Waals surface area contributed by atoms with Gasteiger partial charge < -0.3 is 20.1 Å². The number of hydrogen-bond acceptors (Lipinski definition) is 4. The van der Waals surface area contributed by atoms with Gasteiger partial charge in [-0.15, -0.1) is 0 Å². The molecule has 138 valence electrons. The molecule has 0 saturated carbocycles. The first-order chi connectivity index (χ1) is 12.6. The van der Waals surface area contributed by atoms with Gasteiger partial charge in [-0.3, -0.25) is 9.59 Å². The Morgan fingerprint density at radius 1 is 0.846 bits per heavy atom. The smallest absolute Gasteiger partial charge is 0.239 e. The van der Waals surface area contributed by atoms with Gasteiger partial charge in [-0.05, 0) is 29.7 Å². The van der Waals surface area contributed by atoms with E-state index >= 15 is 0 Å². The average Bonchev–Trinajstić information content (AvgIpc) is 2.67. The van der Waals surface area contributed by atoms with Gasteiger partial charge in [-0.1, -0.05) is 36.4 Å². The van der Waals surface area contributed by atoms with Gasteiger partial charge in [0.1, 0.15) is 0 Å². The summed E-state index contributed by atoms with van der Waals surface area (Å²) >= 11 is 0. The van der Waals surface area contributed by atoms with Crippen LogP contribution in [0.15, 0.2) is 48.5 Å². The molecule has 26 heavy (non-hydrogen) atoms. The van der Waals surface area contributed by atoms with Crippen LogP contribution in [0.4, 0.5) is 0 Å². The van der Waals surface area contributed by atoms with Gasteiger partial charge in [0.15, 0.2) is 11.5 Å². The van der Waals surface area contributed by atoms with E-state index in [4.69, 9.17) is 9.47 Å². The number of hydrogen-bond donors (Lipinski definition) is 2. The molecule has 6 nitrogen and oxygen atoms in total. The van der Waals surface area contributed by atoms with Crippen molar-refractivity contribution in [2.45, 2.75) is 12.8 Å². The Morgan fingerprint density at radius 3 is 2.27 bits per heavy atom. The Morgan fingerprint density at radius 2 is 1.58 bits per heavy atom. The van der Waals surface area contributed by atoms with E-state index in [9.17, 15) is 9.59 Å². The summed E-state index contributed by atoms with van der Waals surface area (Å²) in [6.07, 6.45) is 0.920. The summed E-state index contributed by atoms with van der Waals surface area (Å²) in [7, 11) is 3.10. The summed E-state index contributed by atoms with van der Waals surface area (Å²) < 4.78 is 10.4. The van der Waals surface area contributed by atoms with Gasteiger partial charge in [0.25, 0.3) is 0 Å². The van der Waals surface area contributed by atoms with Crippen molar-refractivity contribution in [2.75, 3.05) is 27.3 Å². The van der Waals surface area contributed by atoms with E-state index < -0.39 is 0 Å². The maximum atomic E-state index is 12.0. The van der Waals surface area contributed by atoms with Crippen molar-refractivity contribution in [3.8, 4) is 11.5 Å². The zero-order chi connectivity index (χ0) is 18.8. The van der Waals surface area contributed by atoms with Crippen molar-refractivity contribution < 1.29 is 19.1 Å². The summed E-state index contributed by atoms with van der Waals surface area (Å²) in [6.45, 7) is 0.495. The number of amides is 2. The molecule has 0 radical (unpaired) electrons. The summed E-state index contributed by atoms with van der Waals surface area (Å²) in [4.78, 5) is 23.8. The van der Waals surface area contributed by atoms with E-state index in [1.54, 1.807) is 32.4 Å². The van der Waals surface area contributed by atoms with E-state index in [1.807, 2.05) is 30.3 Å². The van der Waals surface area contributed by atoms with Crippen molar-refractivity contribution in [2.24, 2.45) is 0 Å². The van der Waals surface area contributed by atoms with Gasteiger partial charge in [0.05, 0.1) is 27.2 Å². The molecule has 0 unspecified atom stereocenters. The molecule has 6 heteroatoms. The molecule has 0 saturated heterocycles. The summed E-state index contributed by atoms with van der Waals surface area (Å²) in [5, 5.41) is 5.42. The predicted molar refractivity (Wildman–Crippen MR) is 99.4 cm³/mol. The minimum Gasteiger partial charge on any atom is -0.493 e. The number of rotatable bonds is 9. The molecule has 2 N–H and O–H groups in total. The molecule has 2 aromatic carbocycles. The van der Waals surface area contributed by atoms with Crippen LogP contribution in [0, 0.1) is 0 Å². The first-order valence-electron chi connectivity index (χ1n) is 8.40. The van der Waals surface area contributed by atoms with Gasteiger partial charge >= 0.3 is 0 Å². The van der Waals surface area contributed by atoms with Crippen LogP contribution in [0.2, 0.25) is 0 Å². The second-order valence-corrected chi connectivity index (χ2v) is 5.73. The Balaban J connectivity index is 1.71. The first kappa shape index (κ1) is 19.3. The fourth-order valence-electron chi connectivity index (χ4n) is 2.47. The quantitative estimate of drug-likeness (QED) is 0.717. The standard InChI is InChI=1S/C20H24N2O4/c1-25-17-9-8-16(12-18(17)26-2)13-19(23)22-14-20(24)21-11-10-15-6-4-3-5-7-15/h3-9,12H,10-11,13-14H2,1-2H3,(H,21,24)(H,22,23). The Bertz CT molecular complexity index is 732. The molecule has 0 atom stereocenters. The lowest BCUT2D eigenvalue weighted by atomic mass is 10.1. The fraction of sp³-hybridized carbons (Fsp3) is 0.300. The van der Waals surface area contributed by atoms with Crippen molar-refractivity contribution in [3.05, 3.63) is 59.7 Å². The Kier molecular flexibility index (Phi) is 7.49. The number of carbonyl (C=O) groups is 2. The van der Waals surface area contributed by atoms with Crippen molar-refractivity contribution in [1.82, 2.24) is 10.6 Å². The van der Waals surface area contributed by atoms with E-state index in [1.165, 1.54) is 0 Å². The van der Waals surface area contributed by atoms with Gasteiger partial charge in [-0.2, -0.15) is 0 Å². The zero-order valence-electron chi connectivity index (χ0n) is 15.1. The molecular formula is C20H24N2O4. The number of nitrogens with one attached hydrogen (secondary N) is 2. The lowest BCUT2D eigenvalue weighted by Gasteiger charge is -2.10. The molecule has 2 amide bonds. The number of benzene rings is 2. The third-order valence-electron chi connectivity index (χ3n) is 3.84. The molecule has 2 rings (SSSR count). The lowest BCUT2D eigenvalue weighted by Crippen LogP contribution is -2.38. The van der Waals surface area contributed by atoms with Crippen LogP contribution in [0.1, 0.15) is 11.1 Å². The highest BCUT2D eigenvalue weighted by atomic mass is 16.5. The maximum absolute atomic E-state index is 12.0. The molecule has 0 aliphatic carbocycles. The molecule has 2 aromatic rings. The minimum atomic E-state index is -0.226. The number of carbonyl (C=O) groups excluding carboxylic acids is 2. The monoisotopic (exact) mass is 356 g/mol. The van der Waals surface area contributed by atoms with E-state index in [-0.39, 0.29) is 24.8 Å². The third-order valence-corrected chi connectivity index (χ3v) is 3.84. The highest BCUT2D eigenvalue weighted by molar-refractivity contribution is 5.85. The van der Waals surface area contributed by atoms with E-state index in [0.717, 1.165) is 17.5 Å². The van der Waals surface area contributed by atoms with Crippen molar-refractivity contribution in [3.63, 3.8) is 0 Å². The number of ether oxygens (including phenoxy) is 2. The molecule has 0 fully saturated rings. The molecular weight excluding hydrogens is 332 g/mol. The fourth-order valence-corrected chi connectivity index (χ4v) is 2.47. The first-order valence-corrected chi connectivity index (χ1v) is 8.40. The van der Waals surface area contributed by atoms with Crippen LogP contribution in [0.5, 0.6) is 11.5 Å². The normalized spacial score (nSPS) is 10.1. The molecule has 0 bridgehead atoms. The van der Waals surface area contributed by atoms with E-state index in [2.05, 4.69) is 10.6 Å². The molecule has 0 spiro atoms. The SMILES string of the molecule is COc1ccc(CC(=O)NCC(=O)NCCc2ccccc2)cc1OC. The summed E-state index contributed by atoms with van der Waals surface area (Å²) in [5.74, 6) is 0.739. The van der Waals surface area contributed by atoms with Gasteiger partial charge in [0, 0.05) is 6.54 Å². The second-order valence-electron chi connectivity index (χ2n) is 5.73. The molecule has 0 heterocycles. The Labute approximate surface area is 153 Å². The maximum Gasteiger partial charge on any atom is 0.239 e. The van der Waals surface area contributed by atoms with Crippen LogP contribution in [0.3, 0.4) is 0 Å². The summed E-state index contributed by atoms with van der Waals surface area (Å²) in [5.41, 5.74) is 1.94. The molecule has 0 aliphatic heterocycles. The van der Waals surface area contributed by atoms with Crippen molar-refractivity contribution >= 4 is 11.8 Å². The number of methoxy groups -OCH3 is 2. The third kappa shape index (κ3) is 6.12. The predicted octanol–water partition coefficient (Wildman–Crippen LogP) is 1.72. The van der Waals surface area contributed by atoms with Crippen LogP contribution in [-0.4, -0.2) is 39.1 Å². The van der Waals surface area contributed by atoms with Crippen LogP contribution < -0.4 is 20.1 Å². The van der Waals surface area contributed by atoms with E-state index in [0.29, 0.717) is 18.0 Å². The topological polar surface area (TPSA) is 76.7 Å². The zero-order valence-corrected chi connectivity index (χ0v) is 15.1. The molecule has 0 aromatic heterocycles. The van der Waals surface area contributed by atoms with Crippen LogP contribution in [-0.2, 0) is 22.4 Å². The van der Waals surface area contributed by atoms with Gasteiger partial charge in [-0.25, -0.2) is 0 Å². The molecule has 0 aliphatic rings. The largest absolute Gasteiger partial charge is 0.493 e. The highest BCUT2D eigenvalue weighted by Crippen LogP contribution is 2.27. The van der Waals surface area contributed by atoms with Crippen molar-refractivity contribution in [1.29, 1.82) is 0 Å². The van der Waals surface area contributed by atoms with Crippen LogP contribution >= 0.6 is 0 Å². The average molecular weight is 356 g/mol. The minimum absolute atomic E-state index is 0.0408. The lowest BCUT2D eigenvalue weighted by molar-refractivity contribution is -0.125. The highest BCUT2D eigenvalue weighted by Gasteiger charge is 2.09. The van der Waals surface area contributed by atoms with Gasteiger partial charge in [0.2, 0.25) is 11.8 Å². The van der Waals surface area contributed by atoms with Crippen LogP contribution in [0.25, 0.3) is 0 Å². The Hall–Kier alpha value is -3.02. The summed E-state index contributed by atoms with van der Waals surface area (Å²) in [6, 6.07) is 15.2. The second kappa shape index (κ2) is 10.1.